The second-order valence-electron chi connectivity index (χ2n) is 5.09. The Morgan fingerprint density at radius 3 is 2.30 bits per heavy atom. The molecule has 23 heavy (non-hydrogen) atoms. The molecule has 122 valence electrons. The maximum atomic E-state index is 12.5. The van der Waals surface area contributed by atoms with Crippen LogP contribution in [0.15, 0.2) is 36.4 Å². The first-order chi connectivity index (χ1) is 11.1. The zero-order valence-electron chi connectivity index (χ0n) is 13.2. The highest BCUT2D eigenvalue weighted by Gasteiger charge is 2.40. The summed E-state index contributed by atoms with van der Waals surface area (Å²) in [5, 5.41) is 0. The third-order valence-corrected chi connectivity index (χ3v) is 3.43. The Labute approximate surface area is 134 Å². The fourth-order valence-corrected chi connectivity index (χ4v) is 2.32. The fourth-order valence-electron chi connectivity index (χ4n) is 2.32. The Morgan fingerprint density at radius 1 is 1.17 bits per heavy atom. The molecule has 0 aliphatic carbocycles. The second kappa shape index (κ2) is 7.69. The Balaban J connectivity index is 2.16. The predicted octanol–water partition coefficient (Wildman–Crippen LogP) is 1.81. The number of hydrogen-bond donors (Lipinski definition) is 0. The minimum Gasteiger partial charge on any atom is -0.464 e. The number of nitrogens with zero attached hydrogens (tertiary/aromatic N) is 1. The number of benzene rings is 1. The van der Waals surface area contributed by atoms with Gasteiger partial charge in [-0.15, -0.1) is 0 Å². The third-order valence-electron chi connectivity index (χ3n) is 3.43. The topological polar surface area (TPSA) is 72.9 Å². The number of amides is 2. The molecule has 1 aliphatic rings. The Morgan fingerprint density at radius 2 is 1.78 bits per heavy atom. The van der Waals surface area contributed by atoms with Gasteiger partial charge in [-0.05, 0) is 19.1 Å². The van der Waals surface area contributed by atoms with Gasteiger partial charge < -0.3 is 9.47 Å². The lowest BCUT2D eigenvalue weighted by Crippen LogP contribution is -2.45. The smallest absolute Gasteiger partial charge is 0.302 e. The van der Waals surface area contributed by atoms with E-state index in [0.717, 1.165) is 4.90 Å². The molecule has 0 saturated carbocycles. The van der Waals surface area contributed by atoms with Crippen LogP contribution in [0.5, 0.6) is 0 Å². The zero-order valence-corrected chi connectivity index (χ0v) is 13.2. The lowest BCUT2D eigenvalue weighted by atomic mass is 10.1. The van der Waals surface area contributed by atoms with Crippen molar-refractivity contribution in [3.63, 3.8) is 0 Å². The number of allylic oxidation sites excluding steroid dienone is 1. The Bertz CT molecular complexity index is 603. The molecule has 1 aliphatic heterocycles. The van der Waals surface area contributed by atoms with Gasteiger partial charge in [0, 0.05) is 6.92 Å². The van der Waals surface area contributed by atoms with Crippen molar-refractivity contribution in [2.75, 3.05) is 19.8 Å². The normalized spacial score (nSPS) is 15.1. The first kappa shape index (κ1) is 16.9. The average Bonchev–Trinajstić information content (AvgIpc) is 2.79. The van der Waals surface area contributed by atoms with Crippen LogP contribution in [0.1, 0.15) is 34.6 Å². The molecule has 0 spiro atoms. The maximum absolute atomic E-state index is 12.5. The first-order valence-corrected chi connectivity index (χ1v) is 7.35. The van der Waals surface area contributed by atoms with Crippen molar-refractivity contribution in [2.24, 2.45) is 0 Å². The van der Waals surface area contributed by atoms with E-state index in [-0.39, 0.29) is 13.2 Å². The summed E-state index contributed by atoms with van der Waals surface area (Å²) < 4.78 is 10.4. The van der Waals surface area contributed by atoms with Crippen LogP contribution in [0.25, 0.3) is 0 Å². The summed E-state index contributed by atoms with van der Waals surface area (Å²) in [5.74, 6) is -1.25. The molecule has 1 aromatic carbocycles. The largest absolute Gasteiger partial charge is 0.464 e. The van der Waals surface area contributed by atoms with E-state index in [1.165, 1.54) is 6.92 Å². The molecule has 1 atom stereocenters. The van der Waals surface area contributed by atoms with Gasteiger partial charge in [0.1, 0.15) is 6.61 Å². The first-order valence-electron chi connectivity index (χ1n) is 7.35. The van der Waals surface area contributed by atoms with Crippen LogP contribution in [0.2, 0.25) is 0 Å². The Kier molecular flexibility index (Phi) is 5.65. The summed E-state index contributed by atoms with van der Waals surface area (Å²) >= 11 is 0. The highest BCUT2D eigenvalue weighted by atomic mass is 16.5. The van der Waals surface area contributed by atoms with Crippen LogP contribution in [0.4, 0.5) is 0 Å². The van der Waals surface area contributed by atoms with E-state index in [1.807, 2.05) is 19.1 Å². The number of hydrogen-bond acceptors (Lipinski definition) is 5. The molecular formula is C17H19NO5. The van der Waals surface area contributed by atoms with Crippen LogP contribution in [-0.4, -0.2) is 48.5 Å². The zero-order chi connectivity index (χ0) is 16.8. The van der Waals surface area contributed by atoms with Gasteiger partial charge in [-0.3, -0.25) is 19.3 Å². The van der Waals surface area contributed by atoms with Gasteiger partial charge in [-0.25, -0.2) is 0 Å². The molecule has 2 amide bonds. The van der Waals surface area contributed by atoms with Gasteiger partial charge in [-0.2, -0.15) is 0 Å². The van der Waals surface area contributed by atoms with E-state index in [4.69, 9.17) is 9.47 Å². The molecular weight excluding hydrogens is 298 g/mol. The van der Waals surface area contributed by atoms with Crippen molar-refractivity contribution >= 4 is 17.8 Å². The number of carbonyl (C=O) groups excluding carboxylic acids is 3. The molecule has 0 saturated heterocycles. The number of ether oxygens (including phenoxy) is 2. The van der Waals surface area contributed by atoms with E-state index in [2.05, 4.69) is 0 Å². The van der Waals surface area contributed by atoms with E-state index in [0.29, 0.717) is 17.7 Å². The van der Waals surface area contributed by atoms with Gasteiger partial charge in [0.05, 0.1) is 30.4 Å². The van der Waals surface area contributed by atoms with Crippen LogP contribution in [-0.2, 0) is 14.3 Å². The van der Waals surface area contributed by atoms with Crippen molar-refractivity contribution in [3.05, 3.63) is 47.5 Å². The maximum Gasteiger partial charge on any atom is 0.302 e. The molecule has 0 fully saturated rings. The lowest BCUT2D eigenvalue weighted by Gasteiger charge is -2.25. The van der Waals surface area contributed by atoms with Gasteiger partial charge >= 0.3 is 5.97 Å². The SMILES string of the molecule is C/C=C/COCC(COC(C)=O)N1C(=O)c2ccccc2C1=O. The monoisotopic (exact) mass is 317 g/mol. The minimum atomic E-state index is -0.656. The molecule has 6 heteroatoms. The average molecular weight is 317 g/mol. The van der Waals surface area contributed by atoms with Gasteiger partial charge in [0.15, 0.2) is 0 Å². The predicted molar refractivity (Wildman–Crippen MR) is 83.0 cm³/mol. The minimum absolute atomic E-state index is 0.0867. The van der Waals surface area contributed by atoms with E-state index in [9.17, 15) is 14.4 Å². The number of fused-ring (bicyclic) bond motifs is 1. The van der Waals surface area contributed by atoms with Crippen molar-refractivity contribution in [2.45, 2.75) is 19.9 Å². The highest BCUT2D eigenvalue weighted by Crippen LogP contribution is 2.24. The van der Waals surface area contributed by atoms with Gasteiger partial charge in [-0.1, -0.05) is 24.3 Å². The van der Waals surface area contributed by atoms with E-state index in [1.54, 1.807) is 24.3 Å². The van der Waals surface area contributed by atoms with Crippen molar-refractivity contribution < 1.29 is 23.9 Å². The summed E-state index contributed by atoms with van der Waals surface area (Å²) in [5.41, 5.74) is 0.720. The summed E-state index contributed by atoms with van der Waals surface area (Å²) in [4.78, 5) is 37.1. The molecule has 1 unspecified atom stereocenters. The van der Waals surface area contributed by atoms with Gasteiger partial charge in [0.2, 0.25) is 0 Å². The number of esters is 1. The quantitative estimate of drug-likeness (QED) is 0.332. The van der Waals surface area contributed by atoms with Crippen LogP contribution >= 0.6 is 0 Å². The second-order valence-corrected chi connectivity index (χ2v) is 5.09. The Hall–Kier alpha value is -2.47. The van der Waals surface area contributed by atoms with Crippen molar-refractivity contribution in [3.8, 4) is 0 Å². The number of imide groups is 1. The number of rotatable bonds is 7. The number of carbonyl (C=O) groups is 3. The molecule has 1 aromatic rings. The summed E-state index contributed by atoms with van der Waals surface area (Å²) in [6, 6.07) is 5.98. The molecule has 0 bridgehead atoms. The van der Waals surface area contributed by atoms with E-state index >= 15 is 0 Å². The fraction of sp³-hybridized carbons (Fsp3) is 0.353. The lowest BCUT2D eigenvalue weighted by molar-refractivity contribution is -0.142. The molecule has 2 rings (SSSR count). The standard InChI is InChI=1S/C17H19NO5/c1-3-4-9-22-10-13(11-23-12(2)19)18-16(20)14-7-5-6-8-15(14)17(18)21/h3-8,13H,9-11H2,1-2H3/b4-3+. The summed E-state index contributed by atoms with van der Waals surface area (Å²) in [7, 11) is 0. The summed E-state index contributed by atoms with van der Waals surface area (Å²) in [6.07, 6.45) is 3.65. The third kappa shape index (κ3) is 3.84. The van der Waals surface area contributed by atoms with Crippen molar-refractivity contribution in [1.29, 1.82) is 0 Å². The molecule has 0 aromatic heterocycles. The molecule has 6 nitrogen and oxygen atoms in total. The molecule has 1 heterocycles. The summed E-state index contributed by atoms with van der Waals surface area (Å²) in [6.45, 7) is 3.51. The van der Waals surface area contributed by atoms with E-state index < -0.39 is 23.8 Å². The van der Waals surface area contributed by atoms with Crippen LogP contribution in [0.3, 0.4) is 0 Å². The molecule has 0 radical (unpaired) electrons. The highest BCUT2D eigenvalue weighted by molar-refractivity contribution is 6.21. The van der Waals surface area contributed by atoms with Gasteiger partial charge in [0.25, 0.3) is 11.8 Å². The van der Waals surface area contributed by atoms with Crippen LogP contribution in [0, 0.1) is 0 Å². The van der Waals surface area contributed by atoms with Crippen molar-refractivity contribution in [1.82, 2.24) is 4.90 Å². The van der Waals surface area contributed by atoms with Crippen LogP contribution < -0.4 is 0 Å². The molecule has 0 N–H and O–H groups in total.